The summed E-state index contributed by atoms with van der Waals surface area (Å²) in [6.45, 7) is 14.7. The van der Waals surface area contributed by atoms with Crippen molar-refractivity contribution in [3.05, 3.63) is 29.3 Å². The second-order valence-electron chi connectivity index (χ2n) is 7.16. The van der Waals surface area contributed by atoms with Crippen molar-refractivity contribution in [1.29, 1.82) is 0 Å². The predicted octanol–water partition coefficient (Wildman–Crippen LogP) is 3.35. The highest BCUT2D eigenvalue weighted by molar-refractivity contribution is 6.91. The first kappa shape index (κ1) is 12.8. The van der Waals surface area contributed by atoms with Gasteiger partial charge in [0.25, 0.3) is 0 Å². The average Bonchev–Trinajstić information content (AvgIpc) is 2.60. The first-order chi connectivity index (χ1) is 7.71. The maximum Gasteiger partial charge on any atom is 0.0783 e. The lowest BCUT2D eigenvalue weighted by Crippen LogP contribution is -2.45. The second-order valence-corrected chi connectivity index (χ2v) is 17.2. The van der Waals surface area contributed by atoms with Crippen LogP contribution in [0.25, 0.3) is 6.08 Å². The van der Waals surface area contributed by atoms with Crippen molar-refractivity contribution in [2.24, 2.45) is 0 Å². The summed E-state index contributed by atoms with van der Waals surface area (Å²) in [7, 11) is -2.40. The van der Waals surface area contributed by atoms with Gasteiger partial charge in [-0.25, -0.2) is 0 Å². The van der Waals surface area contributed by atoms with Gasteiger partial charge in [0, 0.05) is 0 Å². The summed E-state index contributed by atoms with van der Waals surface area (Å²) < 4.78 is 0. The molecule has 0 spiro atoms. The molecule has 0 heterocycles. The Morgan fingerprint density at radius 3 is 1.88 bits per heavy atom. The molecular weight excluding hydrogens is 236 g/mol. The van der Waals surface area contributed by atoms with Gasteiger partial charge in [-0.15, -0.1) is 0 Å². The SMILES string of the molecule is C[Si](C)(C)c1ccc([Si](C)(C)C)c2c1C=CC2. The number of hydrogen-bond acceptors (Lipinski definition) is 0. The molecular formula is C15H24Si2. The predicted molar refractivity (Wildman–Crippen MR) is 85.1 cm³/mol. The summed E-state index contributed by atoms with van der Waals surface area (Å²) in [4.78, 5) is 0. The van der Waals surface area contributed by atoms with Crippen molar-refractivity contribution < 1.29 is 0 Å². The topological polar surface area (TPSA) is 0 Å². The van der Waals surface area contributed by atoms with Crippen LogP contribution in [0.5, 0.6) is 0 Å². The molecule has 0 aromatic heterocycles. The molecule has 0 atom stereocenters. The van der Waals surface area contributed by atoms with E-state index in [1.807, 2.05) is 0 Å². The minimum absolute atomic E-state index is 1.16. The fourth-order valence-corrected chi connectivity index (χ4v) is 6.08. The molecule has 0 amide bonds. The third kappa shape index (κ3) is 2.33. The molecule has 0 radical (unpaired) electrons. The molecule has 0 saturated heterocycles. The van der Waals surface area contributed by atoms with Crippen LogP contribution in [0, 0.1) is 0 Å². The minimum atomic E-state index is -1.21. The van der Waals surface area contributed by atoms with Crippen molar-refractivity contribution >= 4 is 32.6 Å². The van der Waals surface area contributed by atoms with Gasteiger partial charge in [-0.1, -0.05) is 73.9 Å². The largest absolute Gasteiger partial charge is 0.0795 e. The highest BCUT2D eigenvalue weighted by Crippen LogP contribution is 2.21. The van der Waals surface area contributed by atoms with E-state index in [1.165, 1.54) is 0 Å². The van der Waals surface area contributed by atoms with E-state index >= 15 is 0 Å². The molecule has 0 unspecified atom stereocenters. The normalized spacial score (nSPS) is 15.2. The summed E-state index contributed by atoms with van der Waals surface area (Å²) in [5, 5.41) is 3.31. The Morgan fingerprint density at radius 2 is 1.35 bits per heavy atom. The fourth-order valence-electron chi connectivity index (χ4n) is 2.73. The van der Waals surface area contributed by atoms with Gasteiger partial charge in [-0.05, 0) is 17.5 Å². The number of benzene rings is 1. The van der Waals surface area contributed by atoms with Gasteiger partial charge in [-0.3, -0.25) is 0 Å². The number of rotatable bonds is 2. The third-order valence-corrected chi connectivity index (χ3v) is 7.72. The Morgan fingerprint density at radius 1 is 0.824 bits per heavy atom. The van der Waals surface area contributed by atoms with Crippen LogP contribution in [-0.2, 0) is 6.42 Å². The molecule has 1 aromatic rings. The van der Waals surface area contributed by atoms with Crippen LogP contribution in [0.3, 0.4) is 0 Å². The van der Waals surface area contributed by atoms with Crippen LogP contribution < -0.4 is 10.4 Å². The first-order valence-corrected chi connectivity index (χ1v) is 13.5. The summed E-state index contributed by atoms with van der Waals surface area (Å²) in [6, 6.07) is 4.86. The van der Waals surface area contributed by atoms with Crippen molar-refractivity contribution in [1.82, 2.24) is 0 Å². The average molecular weight is 261 g/mol. The van der Waals surface area contributed by atoms with Crippen molar-refractivity contribution in [2.45, 2.75) is 45.7 Å². The van der Waals surface area contributed by atoms with Crippen molar-refractivity contribution in [3.8, 4) is 0 Å². The van der Waals surface area contributed by atoms with Gasteiger partial charge in [0.1, 0.15) is 0 Å². The van der Waals surface area contributed by atoms with E-state index in [2.05, 4.69) is 63.6 Å². The molecule has 1 aliphatic rings. The van der Waals surface area contributed by atoms with Gasteiger partial charge in [0.05, 0.1) is 16.1 Å². The summed E-state index contributed by atoms with van der Waals surface area (Å²) >= 11 is 0. The molecule has 2 heteroatoms. The Kier molecular flexibility index (Phi) is 2.99. The summed E-state index contributed by atoms with van der Waals surface area (Å²) in [5.74, 6) is 0. The van der Waals surface area contributed by atoms with E-state index in [-0.39, 0.29) is 0 Å². The fraction of sp³-hybridized carbons (Fsp3) is 0.467. The molecule has 92 valence electrons. The first-order valence-electron chi connectivity index (χ1n) is 6.54. The van der Waals surface area contributed by atoms with Gasteiger partial charge >= 0.3 is 0 Å². The maximum absolute atomic E-state index is 2.45. The van der Waals surface area contributed by atoms with E-state index in [0.29, 0.717) is 0 Å². The quantitative estimate of drug-likeness (QED) is 0.716. The molecule has 0 N–H and O–H groups in total. The lowest BCUT2D eigenvalue weighted by Gasteiger charge is -2.26. The number of fused-ring (bicyclic) bond motifs is 1. The Bertz CT molecular complexity index is 471. The molecule has 0 fully saturated rings. The van der Waals surface area contributed by atoms with E-state index in [9.17, 15) is 0 Å². The minimum Gasteiger partial charge on any atom is -0.0795 e. The van der Waals surface area contributed by atoms with E-state index in [4.69, 9.17) is 0 Å². The number of allylic oxidation sites excluding steroid dienone is 1. The molecule has 1 aliphatic carbocycles. The van der Waals surface area contributed by atoms with Crippen LogP contribution in [0.1, 0.15) is 11.1 Å². The molecule has 0 bridgehead atoms. The molecule has 1 aromatic carbocycles. The van der Waals surface area contributed by atoms with Crippen LogP contribution >= 0.6 is 0 Å². The summed E-state index contributed by atoms with van der Waals surface area (Å²) in [6.07, 6.45) is 5.87. The Labute approximate surface area is 108 Å². The lowest BCUT2D eigenvalue weighted by molar-refractivity contribution is 1.33. The van der Waals surface area contributed by atoms with Gasteiger partial charge in [-0.2, -0.15) is 0 Å². The zero-order chi connectivity index (χ0) is 12.8. The smallest absolute Gasteiger partial charge is 0.0783 e. The van der Waals surface area contributed by atoms with Crippen molar-refractivity contribution in [2.75, 3.05) is 0 Å². The highest BCUT2D eigenvalue weighted by Gasteiger charge is 2.27. The standard InChI is InChI=1S/C15H24Si2/c1-16(2,3)14-10-11-15(17(4,5)6)13-9-7-8-12(13)14/h7-8,10-11H,9H2,1-6H3. The number of hydrogen-bond donors (Lipinski definition) is 0. The molecule has 0 nitrogen and oxygen atoms in total. The lowest BCUT2D eigenvalue weighted by atomic mass is 10.1. The van der Waals surface area contributed by atoms with E-state index in [0.717, 1.165) is 6.42 Å². The maximum atomic E-state index is 2.45. The Hall–Kier alpha value is -0.606. The monoisotopic (exact) mass is 260 g/mol. The van der Waals surface area contributed by atoms with Gasteiger partial charge < -0.3 is 0 Å². The van der Waals surface area contributed by atoms with Crippen LogP contribution in [0.15, 0.2) is 18.2 Å². The van der Waals surface area contributed by atoms with Gasteiger partial charge in [0.2, 0.25) is 0 Å². The molecule has 0 aliphatic heterocycles. The second kappa shape index (κ2) is 3.96. The van der Waals surface area contributed by atoms with Crippen LogP contribution in [0.4, 0.5) is 0 Å². The highest BCUT2D eigenvalue weighted by atomic mass is 28.3. The van der Waals surface area contributed by atoms with Gasteiger partial charge in [0.15, 0.2) is 0 Å². The molecule has 2 rings (SSSR count). The molecule has 0 saturated carbocycles. The van der Waals surface area contributed by atoms with Crippen LogP contribution in [-0.4, -0.2) is 16.1 Å². The molecule has 17 heavy (non-hydrogen) atoms. The van der Waals surface area contributed by atoms with Crippen LogP contribution in [0.2, 0.25) is 39.3 Å². The van der Waals surface area contributed by atoms with Crippen molar-refractivity contribution in [3.63, 3.8) is 0 Å². The zero-order valence-electron chi connectivity index (χ0n) is 12.0. The Balaban J connectivity index is 2.65. The third-order valence-electron chi connectivity index (χ3n) is 3.58. The van der Waals surface area contributed by atoms with E-state index in [1.54, 1.807) is 21.5 Å². The summed E-state index contributed by atoms with van der Waals surface area (Å²) in [5.41, 5.74) is 3.22. The zero-order valence-corrected chi connectivity index (χ0v) is 14.0. The van der Waals surface area contributed by atoms with E-state index < -0.39 is 16.1 Å².